The van der Waals surface area contributed by atoms with Crippen molar-refractivity contribution in [3.8, 4) is 17.2 Å². The van der Waals surface area contributed by atoms with Gasteiger partial charge in [0, 0.05) is 36.3 Å². The summed E-state index contributed by atoms with van der Waals surface area (Å²) < 4.78 is 13.2. The van der Waals surface area contributed by atoms with Crippen molar-refractivity contribution in [1.29, 1.82) is 10.7 Å². The Morgan fingerprint density at radius 2 is 2.12 bits per heavy atom. The smallest absolute Gasteiger partial charge is 0.212 e. The van der Waals surface area contributed by atoms with E-state index in [1.807, 2.05) is 12.1 Å². The maximum absolute atomic E-state index is 13.2. The molecule has 3 N–H and O–H groups in total. The van der Waals surface area contributed by atoms with E-state index in [2.05, 4.69) is 20.9 Å². The minimum Gasteiger partial charge on any atom is -0.387 e. The molecule has 0 atom stereocenters. The predicted octanol–water partition coefficient (Wildman–Crippen LogP) is 2.94. The van der Waals surface area contributed by atoms with E-state index < -0.39 is 5.95 Å². The van der Waals surface area contributed by atoms with Crippen LogP contribution in [0.15, 0.2) is 41.5 Å². The monoisotopic (exact) mass is 350 g/mol. The number of piperidine rings is 1. The third-order valence-electron chi connectivity index (χ3n) is 4.64. The van der Waals surface area contributed by atoms with Crippen LogP contribution in [0.25, 0.3) is 11.1 Å². The zero-order valence-electron chi connectivity index (χ0n) is 14.2. The number of aromatic nitrogens is 1. The molecule has 0 amide bonds. The first-order valence-electron chi connectivity index (χ1n) is 8.36. The lowest BCUT2D eigenvalue weighted by Gasteiger charge is -2.35. The number of hydrogen-bond donors (Lipinski definition) is 2. The van der Waals surface area contributed by atoms with Crippen LogP contribution in [0, 0.1) is 28.6 Å². The van der Waals surface area contributed by atoms with E-state index in [0.717, 1.165) is 49.1 Å². The summed E-state index contributed by atoms with van der Waals surface area (Å²) in [5.41, 5.74) is 8.96. The van der Waals surface area contributed by atoms with Crippen LogP contribution < -0.4 is 10.6 Å². The van der Waals surface area contributed by atoms with Crippen LogP contribution in [-0.4, -0.2) is 30.2 Å². The van der Waals surface area contributed by atoms with Crippen LogP contribution in [0.4, 0.5) is 10.1 Å². The molecule has 1 aromatic heterocycles. The molecule has 132 valence electrons. The summed E-state index contributed by atoms with van der Waals surface area (Å²) in [7, 11) is 0. The first-order valence-corrected chi connectivity index (χ1v) is 8.36. The Morgan fingerprint density at radius 3 is 2.73 bits per heavy atom. The summed E-state index contributed by atoms with van der Waals surface area (Å²) in [6, 6.07) is 10.8. The van der Waals surface area contributed by atoms with Crippen molar-refractivity contribution in [2.45, 2.75) is 12.8 Å². The zero-order valence-corrected chi connectivity index (χ0v) is 14.2. The fourth-order valence-corrected chi connectivity index (χ4v) is 3.32. The molecule has 7 heteroatoms. The number of pyridine rings is 1. The second-order valence-corrected chi connectivity index (χ2v) is 6.13. The fourth-order valence-electron chi connectivity index (χ4n) is 3.32. The molecule has 1 aliphatic heterocycles. The minimum absolute atomic E-state index is 0.137. The molecule has 1 saturated heterocycles. The number of halogens is 1. The highest BCUT2D eigenvalue weighted by atomic mass is 19.1. The molecular weight excluding hydrogens is 331 g/mol. The van der Waals surface area contributed by atoms with Gasteiger partial charge in [0.1, 0.15) is 18.2 Å². The zero-order chi connectivity index (χ0) is 18.5. The maximum Gasteiger partial charge on any atom is 0.212 e. The number of nitrogens with one attached hydrogen (secondary N) is 1. The van der Waals surface area contributed by atoms with Gasteiger partial charge in [-0.2, -0.15) is 9.65 Å². The highest BCUT2D eigenvalue weighted by Crippen LogP contribution is 2.36. The van der Waals surface area contributed by atoms with Gasteiger partial charge >= 0.3 is 0 Å². The fraction of sp³-hybridized carbons (Fsp3) is 0.263. The number of para-hydroxylation sites is 1. The van der Waals surface area contributed by atoms with Gasteiger partial charge in [-0.3, -0.25) is 5.41 Å². The Kier molecular flexibility index (Phi) is 5.23. The van der Waals surface area contributed by atoms with Gasteiger partial charge in [-0.25, -0.2) is 9.98 Å². The van der Waals surface area contributed by atoms with Gasteiger partial charge in [-0.1, -0.05) is 12.1 Å². The van der Waals surface area contributed by atoms with E-state index >= 15 is 0 Å². The van der Waals surface area contributed by atoms with Gasteiger partial charge in [-0.05, 0) is 31.0 Å². The molecule has 0 saturated carbocycles. The lowest BCUT2D eigenvalue weighted by atomic mass is 9.93. The first kappa shape index (κ1) is 17.5. The van der Waals surface area contributed by atoms with Crippen molar-refractivity contribution >= 4 is 17.9 Å². The van der Waals surface area contributed by atoms with Gasteiger partial charge in [0.05, 0.1) is 11.3 Å². The van der Waals surface area contributed by atoms with Crippen LogP contribution in [0.3, 0.4) is 0 Å². The summed E-state index contributed by atoms with van der Waals surface area (Å²) in [6.45, 7) is 1.44. The Labute approximate surface area is 151 Å². The Balaban J connectivity index is 1.93. The van der Waals surface area contributed by atoms with Crippen molar-refractivity contribution < 1.29 is 4.39 Å². The average molecular weight is 350 g/mol. The van der Waals surface area contributed by atoms with Crippen LogP contribution in [0.2, 0.25) is 0 Å². The van der Waals surface area contributed by atoms with Crippen molar-refractivity contribution in [2.24, 2.45) is 16.6 Å². The number of rotatable bonds is 4. The second-order valence-electron chi connectivity index (χ2n) is 6.13. The Morgan fingerprint density at radius 1 is 1.35 bits per heavy atom. The van der Waals surface area contributed by atoms with E-state index in [9.17, 15) is 9.65 Å². The van der Waals surface area contributed by atoms with Gasteiger partial charge in [0.15, 0.2) is 0 Å². The van der Waals surface area contributed by atoms with Crippen molar-refractivity contribution in [1.82, 2.24) is 4.98 Å². The van der Waals surface area contributed by atoms with Crippen molar-refractivity contribution in [3.05, 3.63) is 48.0 Å². The largest absolute Gasteiger partial charge is 0.387 e. The molecule has 1 aromatic carbocycles. The van der Waals surface area contributed by atoms with E-state index in [1.165, 1.54) is 12.3 Å². The predicted molar refractivity (Wildman–Crippen MR) is 99.7 cm³/mol. The van der Waals surface area contributed by atoms with Crippen molar-refractivity contribution in [3.63, 3.8) is 0 Å². The summed E-state index contributed by atoms with van der Waals surface area (Å²) >= 11 is 0. The first-order chi connectivity index (χ1) is 12.6. The highest BCUT2D eigenvalue weighted by molar-refractivity contribution is 5.89. The molecule has 1 fully saturated rings. The lowest BCUT2D eigenvalue weighted by molar-refractivity contribution is 0.500. The van der Waals surface area contributed by atoms with E-state index in [0.29, 0.717) is 11.4 Å². The number of aliphatic imine (C=N–C) groups is 1. The number of nitrogens with two attached hydrogens (primary N) is 1. The lowest BCUT2D eigenvalue weighted by Crippen LogP contribution is -2.39. The van der Waals surface area contributed by atoms with E-state index in [-0.39, 0.29) is 5.92 Å². The Bertz CT molecular complexity index is 861. The van der Waals surface area contributed by atoms with Crippen LogP contribution in [0.5, 0.6) is 0 Å². The number of anilines is 1. The summed E-state index contributed by atoms with van der Waals surface area (Å²) in [5, 5.41) is 16.6. The molecule has 2 aromatic rings. The molecule has 2 heterocycles. The standard InChI is InChI=1S/C19H19FN6/c20-17-5-4-15(11-24-17)16-3-1-2-14(10-21)18(16)26-8-6-13(7-9-26)19(23)25-12-22/h1-5,11-13H,6-9H2,(H3,22,23,25). The molecule has 0 spiro atoms. The number of nitrogens with zero attached hydrogens (tertiary/aromatic N) is 4. The second kappa shape index (κ2) is 7.74. The number of benzene rings is 1. The SMILES string of the molecule is N#Cc1cccc(-c2ccc(F)nc2)c1N1CCC(C(N)=NC=N)CC1. The number of amidine groups is 1. The minimum atomic E-state index is -0.534. The molecule has 1 aliphatic rings. The molecule has 0 radical (unpaired) electrons. The maximum atomic E-state index is 13.2. The molecule has 0 unspecified atom stereocenters. The molecule has 26 heavy (non-hydrogen) atoms. The van der Waals surface area contributed by atoms with Gasteiger partial charge in [-0.15, -0.1) is 0 Å². The summed E-state index contributed by atoms with van der Waals surface area (Å²) in [6.07, 6.45) is 4.04. The highest BCUT2D eigenvalue weighted by Gasteiger charge is 2.25. The summed E-state index contributed by atoms with van der Waals surface area (Å²) in [4.78, 5) is 9.76. The third kappa shape index (κ3) is 3.54. The Hall–Kier alpha value is -3.27. The topological polar surface area (TPSA) is 102 Å². The number of nitriles is 1. The van der Waals surface area contributed by atoms with Crippen LogP contribution in [-0.2, 0) is 0 Å². The molecule has 0 bridgehead atoms. The van der Waals surface area contributed by atoms with Gasteiger partial charge < -0.3 is 10.6 Å². The molecular formula is C19H19FN6. The number of hydrogen-bond acceptors (Lipinski definition) is 4. The third-order valence-corrected chi connectivity index (χ3v) is 4.64. The van der Waals surface area contributed by atoms with Crippen molar-refractivity contribution in [2.75, 3.05) is 18.0 Å². The van der Waals surface area contributed by atoms with E-state index in [1.54, 1.807) is 12.1 Å². The van der Waals surface area contributed by atoms with Gasteiger partial charge in [0.2, 0.25) is 5.95 Å². The molecule has 6 nitrogen and oxygen atoms in total. The van der Waals surface area contributed by atoms with Crippen LogP contribution >= 0.6 is 0 Å². The molecule has 0 aliphatic carbocycles. The summed E-state index contributed by atoms with van der Waals surface area (Å²) in [5.74, 6) is 0.0859. The average Bonchev–Trinajstić information content (AvgIpc) is 2.68. The molecule has 3 rings (SSSR count). The van der Waals surface area contributed by atoms with Gasteiger partial charge in [0.25, 0.3) is 0 Å². The quantitative estimate of drug-likeness (QED) is 0.503. The van der Waals surface area contributed by atoms with Crippen LogP contribution in [0.1, 0.15) is 18.4 Å². The van der Waals surface area contributed by atoms with E-state index in [4.69, 9.17) is 11.1 Å². The normalized spacial score (nSPS) is 15.5.